The maximum Gasteiger partial charge on any atom is 0.339 e. The predicted molar refractivity (Wildman–Crippen MR) is 102 cm³/mol. The van der Waals surface area contributed by atoms with Crippen LogP contribution in [-0.4, -0.2) is 12.7 Å². The number of benzene rings is 3. The maximum absolute atomic E-state index is 12.8. The molecule has 4 nitrogen and oxygen atoms in total. The van der Waals surface area contributed by atoms with Crippen molar-refractivity contribution in [3.63, 3.8) is 0 Å². The van der Waals surface area contributed by atoms with Crippen LogP contribution < -0.4 is 0 Å². The van der Waals surface area contributed by atoms with E-state index in [-0.39, 0.29) is 19.7 Å². The third-order valence-electron chi connectivity index (χ3n) is 3.94. The van der Waals surface area contributed by atoms with E-state index in [9.17, 15) is 8.42 Å². The van der Waals surface area contributed by atoms with Crippen LogP contribution >= 0.6 is 0 Å². The fourth-order valence-corrected chi connectivity index (χ4v) is 3.63. The van der Waals surface area contributed by atoms with Crippen LogP contribution in [0.15, 0.2) is 91.0 Å². The largest absolute Gasteiger partial charge is 0.339 e. The highest BCUT2D eigenvalue weighted by Crippen LogP contribution is 2.17. The minimum atomic E-state index is -3.88. The molecule has 0 saturated heterocycles. The lowest BCUT2D eigenvalue weighted by atomic mass is 10.2. The topological polar surface area (TPSA) is 46.6 Å². The number of rotatable bonds is 8. The highest BCUT2D eigenvalue weighted by Gasteiger charge is 2.23. The molecular weight excluding hydrogens is 346 g/mol. The second-order valence-corrected chi connectivity index (χ2v) is 7.55. The van der Waals surface area contributed by atoms with Gasteiger partial charge in [-0.3, -0.25) is 4.18 Å². The monoisotopic (exact) mass is 367 g/mol. The van der Waals surface area contributed by atoms with Gasteiger partial charge in [-0.2, -0.15) is 12.7 Å². The Hall–Kier alpha value is -2.47. The van der Waals surface area contributed by atoms with E-state index >= 15 is 0 Å². The molecule has 0 amide bonds. The van der Waals surface area contributed by atoms with E-state index in [1.165, 1.54) is 4.31 Å². The molecule has 0 spiro atoms. The van der Waals surface area contributed by atoms with Gasteiger partial charge in [0.2, 0.25) is 0 Å². The molecular formula is C21H21NO3S. The van der Waals surface area contributed by atoms with E-state index in [2.05, 4.69) is 0 Å². The summed E-state index contributed by atoms with van der Waals surface area (Å²) in [5.41, 5.74) is 2.64. The summed E-state index contributed by atoms with van der Waals surface area (Å²) in [6, 6.07) is 28.3. The van der Waals surface area contributed by atoms with Crippen molar-refractivity contribution < 1.29 is 12.6 Å². The van der Waals surface area contributed by atoms with Gasteiger partial charge in [0.05, 0.1) is 6.61 Å². The van der Waals surface area contributed by atoms with Gasteiger partial charge in [0.15, 0.2) is 0 Å². The van der Waals surface area contributed by atoms with Crippen molar-refractivity contribution in [2.75, 3.05) is 0 Å². The van der Waals surface area contributed by atoms with Gasteiger partial charge in [-0.15, -0.1) is 0 Å². The molecule has 0 unspecified atom stereocenters. The summed E-state index contributed by atoms with van der Waals surface area (Å²) in [7, 11) is -3.88. The van der Waals surface area contributed by atoms with Gasteiger partial charge in [0.1, 0.15) is 0 Å². The second kappa shape index (κ2) is 8.76. The molecule has 3 aromatic rings. The summed E-state index contributed by atoms with van der Waals surface area (Å²) in [6.07, 6.45) is 0. The standard InChI is InChI=1S/C21H21NO3S/c23-26(24,25-18-21-14-8-3-9-15-21)22(16-19-10-4-1-5-11-19)17-20-12-6-2-7-13-20/h1-15H,16-18H2. The molecule has 0 bridgehead atoms. The summed E-state index contributed by atoms with van der Waals surface area (Å²) in [6.45, 7) is 0.531. The van der Waals surface area contributed by atoms with Crippen LogP contribution in [0.3, 0.4) is 0 Å². The van der Waals surface area contributed by atoms with Crippen LogP contribution in [0.2, 0.25) is 0 Å². The van der Waals surface area contributed by atoms with E-state index in [1.807, 2.05) is 91.0 Å². The molecule has 0 heterocycles. The Bertz CT molecular complexity index is 856. The number of hydrogen-bond acceptors (Lipinski definition) is 3. The molecule has 134 valence electrons. The van der Waals surface area contributed by atoms with Crippen LogP contribution in [-0.2, 0) is 34.2 Å². The van der Waals surface area contributed by atoms with Crippen LogP contribution in [0, 0.1) is 0 Å². The highest BCUT2D eigenvalue weighted by atomic mass is 32.2. The zero-order valence-electron chi connectivity index (χ0n) is 14.4. The molecule has 0 aliphatic carbocycles. The lowest BCUT2D eigenvalue weighted by molar-refractivity contribution is 0.252. The lowest BCUT2D eigenvalue weighted by Gasteiger charge is -2.22. The molecule has 0 aromatic heterocycles. The summed E-state index contributed by atoms with van der Waals surface area (Å²) in [4.78, 5) is 0. The van der Waals surface area contributed by atoms with Gasteiger partial charge in [-0.05, 0) is 16.7 Å². The first-order valence-corrected chi connectivity index (χ1v) is 9.76. The van der Waals surface area contributed by atoms with Gasteiger partial charge >= 0.3 is 10.3 Å². The normalized spacial score (nSPS) is 11.6. The first-order valence-electron chi connectivity index (χ1n) is 8.40. The Labute approximate surface area is 154 Å². The van der Waals surface area contributed by atoms with Crippen LogP contribution in [0.5, 0.6) is 0 Å². The molecule has 0 aliphatic rings. The van der Waals surface area contributed by atoms with Crippen LogP contribution in [0.1, 0.15) is 16.7 Å². The summed E-state index contributed by atoms with van der Waals surface area (Å²) in [5, 5.41) is 0. The zero-order chi connectivity index (χ0) is 18.2. The molecule has 0 saturated carbocycles. The fourth-order valence-electron chi connectivity index (χ4n) is 2.58. The molecule has 3 rings (SSSR count). The Morgan fingerprint density at radius 1 is 0.615 bits per heavy atom. The molecule has 0 fully saturated rings. The van der Waals surface area contributed by atoms with Gasteiger partial charge in [0.25, 0.3) is 0 Å². The fraction of sp³-hybridized carbons (Fsp3) is 0.143. The number of hydrogen-bond donors (Lipinski definition) is 0. The van der Waals surface area contributed by atoms with Gasteiger partial charge < -0.3 is 0 Å². The van der Waals surface area contributed by atoms with Crippen molar-refractivity contribution >= 4 is 10.3 Å². The molecule has 26 heavy (non-hydrogen) atoms. The lowest BCUT2D eigenvalue weighted by Crippen LogP contribution is -2.31. The van der Waals surface area contributed by atoms with Gasteiger partial charge in [-0.1, -0.05) is 91.0 Å². The van der Waals surface area contributed by atoms with E-state index in [4.69, 9.17) is 4.18 Å². The smallest absolute Gasteiger partial charge is 0.253 e. The Morgan fingerprint density at radius 2 is 1.00 bits per heavy atom. The summed E-state index contributed by atoms with van der Waals surface area (Å²) < 4.78 is 32.3. The van der Waals surface area contributed by atoms with Crippen molar-refractivity contribution in [2.24, 2.45) is 0 Å². The van der Waals surface area contributed by atoms with E-state index in [0.29, 0.717) is 0 Å². The predicted octanol–water partition coefficient (Wildman–Crippen LogP) is 4.15. The van der Waals surface area contributed by atoms with Crippen molar-refractivity contribution in [3.8, 4) is 0 Å². The van der Waals surface area contributed by atoms with Crippen LogP contribution in [0.25, 0.3) is 0 Å². The Kier molecular flexibility index (Phi) is 6.17. The van der Waals surface area contributed by atoms with Crippen LogP contribution in [0.4, 0.5) is 0 Å². The SMILES string of the molecule is O=S(=O)(OCc1ccccc1)N(Cc1ccccc1)Cc1ccccc1. The molecule has 0 atom stereocenters. The quantitative estimate of drug-likeness (QED) is 0.601. The first-order chi connectivity index (χ1) is 12.6. The molecule has 0 aliphatic heterocycles. The average Bonchev–Trinajstić information content (AvgIpc) is 2.68. The molecule has 0 radical (unpaired) electrons. The summed E-state index contributed by atoms with van der Waals surface area (Å²) >= 11 is 0. The zero-order valence-corrected chi connectivity index (χ0v) is 15.2. The van der Waals surface area contributed by atoms with E-state index in [0.717, 1.165) is 16.7 Å². The minimum absolute atomic E-state index is 0.0171. The highest BCUT2D eigenvalue weighted by molar-refractivity contribution is 7.84. The van der Waals surface area contributed by atoms with E-state index < -0.39 is 10.3 Å². The third-order valence-corrected chi connectivity index (χ3v) is 5.24. The molecule has 0 N–H and O–H groups in total. The maximum atomic E-state index is 12.8. The van der Waals surface area contributed by atoms with Gasteiger partial charge in [0, 0.05) is 13.1 Å². The first kappa shape index (κ1) is 18.3. The van der Waals surface area contributed by atoms with E-state index in [1.54, 1.807) is 0 Å². The number of nitrogens with zero attached hydrogens (tertiary/aromatic N) is 1. The Morgan fingerprint density at radius 3 is 1.42 bits per heavy atom. The Balaban J connectivity index is 1.78. The van der Waals surface area contributed by atoms with Crippen molar-refractivity contribution in [1.82, 2.24) is 4.31 Å². The second-order valence-electron chi connectivity index (χ2n) is 5.94. The average molecular weight is 367 g/mol. The van der Waals surface area contributed by atoms with Crippen molar-refractivity contribution in [1.29, 1.82) is 0 Å². The summed E-state index contributed by atoms with van der Waals surface area (Å²) in [5.74, 6) is 0. The third kappa shape index (κ3) is 5.26. The minimum Gasteiger partial charge on any atom is -0.253 e. The molecule has 3 aromatic carbocycles. The van der Waals surface area contributed by atoms with Gasteiger partial charge in [-0.25, -0.2) is 0 Å². The van der Waals surface area contributed by atoms with Crippen molar-refractivity contribution in [2.45, 2.75) is 19.7 Å². The molecule has 5 heteroatoms. The van der Waals surface area contributed by atoms with Crippen molar-refractivity contribution in [3.05, 3.63) is 108 Å².